The summed E-state index contributed by atoms with van der Waals surface area (Å²) in [4.78, 5) is 14.0. The van der Waals surface area contributed by atoms with Crippen LogP contribution < -0.4 is 4.40 Å². The first kappa shape index (κ1) is 49.0. The molecule has 0 fully saturated rings. The summed E-state index contributed by atoms with van der Waals surface area (Å²) >= 11 is -1.87. The minimum Gasteiger partial charge on any atom is -0.501 e. The van der Waals surface area contributed by atoms with E-state index in [0.717, 1.165) is 73.2 Å². The van der Waals surface area contributed by atoms with Crippen LogP contribution in [0.1, 0.15) is 75.6 Å². The second-order valence-electron chi connectivity index (χ2n) is 19.8. The molecule has 0 bridgehead atoms. The quantitative estimate of drug-likeness (QED) is 0.101. The van der Waals surface area contributed by atoms with Crippen molar-refractivity contribution in [2.45, 2.75) is 77.1 Å². The Kier molecular flexibility index (Phi) is 14.7. The molecule has 0 atom stereocenters. The number of hydrogen-bond donors (Lipinski definition) is 0. The van der Waals surface area contributed by atoms with Gasteiger partial charge in [0.1, 0.15) is 5.58 Å². The molecule has 10 aromatic rings. The Morgan fingerprint density at radius 1 is 0.710 bits per heavy atom. The summed E-state index contributed by atoms with van der Waals surface area (Å²) in [6.07, 6.45) is 6.74. The largest absolute Gasteiger partial charge is 0.501 e. The summed E-state index contributed by atoms with van der Waals surface area (Å²) in [6.45, 7) is 13.6. The molecular formula is C61H57GeIrN5O-2. The number of pyridine rings is 2. The van der Waals surface area contributed by atoms with Gasteiger partial charge in [-0.15, -0.1) is 18.2 Å². The standard InChI is InChI=1S/C44H34N3O.C17H23GeN2.Ir/c1-27(2)37-23-33(30-11-6-5-7-12-30)24-38(28(3)4)42(37)47-40-16-9-8-15-39(40)46-44(47)36-14-10-13-35-34-22-21-32(25-41(34)48-43(35)36)31-19-17-29(26-45)18-20-31;1-13(2)10-15-11-17(14-6-8-19-9-7-14)20-12-16(15)18(3,4)5;/h5-13,15-25,27-28H,1-4H3;6,8-9,11-13H,10H2,1-5H3;/q2*-1;. The minimum absolute atomic E-state index is 0. The number of imidazole rings is 1. The molecule has 8 heteroatoms. The topological polar surface area (TPSA) is 80.5 Å². The molecule has 347 valence electrons. The molecule has 0 aliphatic rings. The van der Waals surface area contributed by atoms with Crippen molar-refractivity contribution >= 4 is 50.6 Å². The molecule has 0 aliphatic heterocycles. The number of hydrogen-bond acceptors (Lipinski definition) is 5. The van der Waals surface area contributed by atoms with Gasteiger partial charge in [-0.05, 0) is 87.7 Å². The number of nitrogens with zero attached hydrogens (tertiary/aromatic N) is 5. The second kappa shape index (κ2) is 20.7. The third-order valence-electron chi connectivity index (χ3n) is 12.6. The SMILES string of the molecule is CC(C)Cc1cc(-c2[c-]cncc2)nc[c]1[Ge]([CH3])([CH3])[CH3].CC(C)c1cc(-c2ccccc2)cc(C(C)C)c1-n1c(-c2[c-]ccc3c2oc2cc(-c4ccc(C#N)cc4)ccc23)nc2ccccc21.[Ir]. The first-order valence-corrected chi connectivity index (χ1v) is 31.0. The van der Waals surface area contributed by atoms with Gasteiger partial charge in [0.2, 0.25) is 0 Å². The Balaban J connectivity index is 0.000000257. The molecule has 69 heavy (non-hydrogen) atoms. The molecule has 0 amide bonds. The zero-order valence-corrected chi connectivity index (χ0v) is 45.3. The zero-order valence-electron chi connectivity index (χ0n) is 40.9. The zero-order chi connectivity index (χ0) is 47.7. The molecule has 0 saturated heterocycles. The molecule has 0 spiro atoms. The van der Waals surface area contributed by atoms with Crippen LogP contribution in [0.2, 0.25) is 17.3 Å². The number of fused-ring (bicyclic) bond motifs is 4. The molecule has 6 nitrogen and oxygen atoms in total. The van der Waals surface area contributed by atoms with Crippen molar-refractivity contribution in [2.75, 3.05) is 0 Å². The van der Waals surface area contributed by atoms with Gasteiger partial charge in [0.05, 0.1) is 34.1 Å². The van der Waals surface area contributed by atoms with E-state index in [-0.39, 0.29) is 31.9 Å². The van der Waals surface area contributed by atoms with Crippen molar-refractivity contribution < 1.29 is 24.5 Å². The smallest absolute Gasteiger partial charge is 0.121 e. The van der Waals surface area contributed by atoms with E-state index in [1.54, 1.807) is 12.4 Å². The van der Waals surface area contributed by atoms with Crippen molar-refractivity contribution in [3.63, 3.8) is 0 Å². The van der Waals surface area contributed by atoms with E-state index in [2.05, 4.69) is 189 Å². The van der Waals surface area contributed by atoms with E-state index >= 15 is 0 Å². The number of nitriles is 1. The Hall–Kier alpha value is -6.43. The maximum atomic E-state index is 9.25. The minimum atomic E-state index is -1.87. The molecule has 6 aromatic carbocycles. The van der Waals surface area contributed by atoms with E-state index in [4.69, 9.17) is 9.40 Å². The van der Waals surface area contributed by atoms with Crippen LogP contribution in [0.15, 0.2) is 156 Å². The Morgan fingerprint density at radius 3 is 2.04 bits per heavy atom. The van der Waals surface area contributed by atoms with Gasteiger partial charge in [-0.1, -0.05) is 105 Å². The van der Waals surface area contributed by atoms with Crippen molar-refractivity contribution in [3.05, 3.63) is 186 Å². The summed E-state index contributed by atoms with van der Waals surface area (Å²) in [5, 5.41) is 11.3. The van der Waals surface area contributed by atoms with Gasteiger partial charge in [-0.25, -0.2) is 0 Å². The van der Waals surface area contributed by atoms with Crippen LogP contribution in [0, 0.1) is 29.4 Å². The van der Waals surface area contributed by atoms with Crippen LogP contribution in [0.25, 0.3) is 83.6 Å². The third kappa shape index (κ3) is 10.2. The maximum Gasteiger partial charge on any atom is 0.121 e. The average molecular weight is 1140 g/mol. The molecule has 0 aliphatic carbocycles. The predicted octanol–water partition coefficient (Wildman–Crippen LogP) is 15.5. The molecule has 0 N–H and O–H groups in total. The predicted molar refractivity (Wildman–Crippen MR) is 284 cm³/mol. The second-order valence-corrected chi connectivity index (χ2v) is 30.3. The summed E-state index contributed by atoms with van der Waals surface area (Å²) < 4.78 is 10.6. The van der Waals surface area contributed by atoms with Crippen LogP contribution in [-0.2, 0) is 26.5 Å². The van der Waals surface area contributed by atoms with E-state index in [0.29, 0.717) is 11.5 Å². The monoisotopic (exact) mass is 1140 g/mol. The normalized spacial score (nSPS) is 11.6. The summed E-state index contributed by atoms with van der Waals surface area (Å²) in [6, 6.07) is 54.9. The molecule has 4 aromatic heterocycles. The Bertz CT molecular complexity index is 3420. The number of furan rings is 1. The molecule has 0 saturated carbocycles. The van der Waals surface area contributed by atoms with E-state index in [9.17, 15) is 5.26 Å². The van der Waals surface area contributed by atoms with Gasteiger partial charge < -0.3 is 8.98 Å². The van der Waals surface area contributed by atoms with E-state index < -0.39 is 13.3 Å². The van der Waals surface area contributed by atoms with Crippen LogP contribution in [0.4, 0.5) is 0 Å². The fourth-order valence-electron chi connectivity index (χ4n) is 9.26. The summed E-state index contributed by atoms with van der Waals surface area (Å²) in [7, 11) is 0. The molecule has 10 rings (SSSR count). The van der Waals surface area contributed by atoms with Crippen LogP contribution in [0.5, 0.6) is 0 Å². The van der Waals surface area contributed by atoms with Crippen LogP contribution in [-0.4, -0.2) is 32.8 Å². The summed E-state index contributed by atoms with van der Waals surface area (Å²) in [5.74, 6) is 9.29. The van der Waals surface area contributed by atoms with Gasteiger partial charge in [0, 0.05) is 31.2 Å². The van der Waals surface area contributed by atoms with E-state index in [1.807, 2.05) is 42.5 Å². The van der Waals surface area contributed by atoms with Crippen LogP contribution in [0.3, 0.4) is 0 Å². The number of para-hydroxylation sites is 2. The Morgan fingerprint density at radius 2 is 1.39 bits per heavy atom. The van der Waals surface area contributed by atoms with Crippen molar-refractivity contribution in [2.24, 2.45) is 5.92 Å². The fourth-order valence-corrected chi connectivity index (χ4v) is 12.6. The fraction of sp³-hybridized carbons (Fsp3) is 0.213. The molecule has 0 unspecified atom stereocenters. The number of aromatic nitrogens is 4. The van der Waals surface area contributed by atoms with Gasteiger partial charge in [0.25, 0.3) is 0 Å². The maximum absolute atomic E-state index is 9.25. The number of benzene rings is 6. The molecule has 4 heterocycles. The number of rotatable bonds is 10. The first-order chi connectivity index (χ1) is 32.8. The van der Waals surface area contributed by atoms with Crippen molar-refractivity contribution in [3.8, 4) is 56.7 Å². The van der Waals surface area contributed by atoms with Gasteiger partial charge in [0.15, 0.2) is 0 Å². The van der Waals surface area contributed by atoms with Gasteiger partial charge >= 0.3 is 125 Å². The van der Waals surface area contributed by atoms with Crippen molar-refractivity contribution in [1.29, 1.82) is 5.26 Å². The first-order valence-electron chi connectivity index (χ1n) is 23.7. The molecule has 1 radical (unpaired) electrons. The molecular weight excluding hydrogens is 1080 g/mol. The van der Waals surface area contributed by atoms with Crippen molar-refractivity contribution in [1.82, 2.24) is 19.5 Å². The third-order valence-corrected chi connectivity index (χ3v) is 17.0. The van der Waals surface area contributed by atoms with E-state index in [1.165, 1.54) is 37.9 Å². The van der Waals surface area contributed by atoms with Gasteiger partial charge in [-0.3, -0.25) is 4.98 Å². The average Bonchev–Trinajstić information content (AvgIpc) is 3.92. The Labute approximate surface area is 423 Å². The van der Waals surface area contributed by atoms with Crippen LogP contribution >= 0.6 is 0 Å². The summed E-state index contributed by atoms with van der Waals surface area (Å²) in [5.41, 5.74) is 16.7. The van der Waals surface area contributed by atoms with Gasteiger partial charge in [-0.2, -0.15) is 5.26 Å².